The van der Waals surface area contributed by atoms with Crippen LogP contribution in [0.2, 0.25) is 0 Å². The van der Waals surface area contributed by atoms with E-state index in [0.717, 1.165) is 5.56 Å². The number of hydrogen-bond donors (Lipinski definition) is 0. The van der Waals surface area contributed by atoms with E-state index in [1.807, 2.05) is 24.3 Å². The fourth-order valence-electron chi connectivity index (χ4n) is 3.06. The van der Waals surface area contributed by atoms with E-state index in [4.69, 9.17) is 0 Å². The lowest BCUT2D eigenvalue weighted by molar-refractivity contribution is -0.131. The van der Waals surface area contributed by atoms with Crippen LogP contribution in [0.4, 0.5) is 5.69 Å². The molecule has 144 valence electrons. The minimum atomic E-state index is -3.06. The van der Waals surface area contributed by atoms with Crippen molar-refractivity contribution in [1.29, 1.82) is 0 Å². The molecule has 0 spiro atoms. The molecule has 1 aromatic carbocycles. The van der Waals surface area contributed by atoms with Gasteiger partial charge in [0.15, 0.2) is 9.84 Å². The average molecular weight is 381 g/mol. The van der Waals surface area contributed by atoms with Crippen LogP contribution in [0.25, 0.3) is 0 Å². The first-order valence-corrected chi connectivity index (χ1v) is 10.6. The molecule has 1 atom stereocenters. The molecule has 2 rings (SSSR count). The minimum Gasteiger partial charge on any atom is -0.340 e. The van der Waals surface area contributed by atoms with Crippen molar-refractivity contribution in [2.24, 2.45) is 0 Å². The molecule has 2 amide bonds. The topological polar surface area (TPSA) is 74.8 Å². The number of benzene rings is 1. The van der Waals surface area contributed by atoms with E-state index in [0.29, 0.717) is 12.1 Å². The van der Waals surface area contributed by atoms with E-state index >= 15 is 0 Å². The number of amides is 2. The fraction of sp³-hybridized carbons (Fsp3) is 0.579. The highest BCUT2D eigenvalue weighted by Crippen LogP contribution is 2.25. The molecule has 1 aromatic rings. The molecule has 0 aromatic heterocycles. The lowest BCUT2D eigenvalue weighted by atomic mass is 9.87. The summed E-state index contributed by atoms with van der Waals surface area (Å²) in [7, 11) is -1.46. The van der Waals surface area contributed by atoms with Gasteiger partial charge in [0.1, 0.15) is 6.54 Å². The molecule has 1 fully saturated rings. The molecule has 1 unspecified atom stereocenters. The second kappa shape index (κ2) is 7.39. The van der Waals surface area contributed by atoms with Crippen LogP contribution in [0.3, 0.4) is 0 Å². The lowest BCUT2D eigenvalue weighted by Gasteiger charge is -2.28. The van der Waals surface area contributed by atoms with E-state index in [9.17, 15) is 18.0 Å². The molecule has 1 aliphatic rings. The minimum absolute atomic E-state index is 0.00356. The predicted molar refractivity (Wildman–Crippen MR) is 103 cm³/mol. The number of nitrogens with zero attached hydrogens (tertiary/aromatic N) is 2. The van der Waals surface area contributed by atoms with Crippen molar-refractivity contribution in [2.45, 2.75) is 45.6 Å². The van der Waals surface area contributed by atoms with E-state index in [1.165, 1.54) is 16.7 Å². The number of sulfone groups is 1. The summed E-state index contributed by atoms with van der Waals surface area (Å²) >= 11 is 0. The zero-order chi connectivity index (χ0) is 19.7. The van der Waals surface area contributed by atoms with Crippen molar-refractivity contribution in [3.63, 3.8) is 0 Å². The summed E-state index contributed by atoms with van der Waals surface area (Å²) in [5, 5.41) is 0. The first-order valence-electron chi connectivity index (χ1n) is 8.75. The van der Waals surface area contributed by atoms with Gasteiger partial charge < -0.3 is 9.80 Å². The van der Waals surface area contributed by atoms with E-state index < -0.39 is 9.84 Å². The Balaban J connectivity index is 2.13. The maximum absolute atomic E-state index is 12.6. The largest absolute Gasteiger partial charge is 0.340 e. The SMILES string of the molecule is CC(=O)N(CC(=O)N(C)C1CCS(=O)(=O)C1)c1ccc(C(C)(C)C)cc1. The van der Waals surface area contributed by atoms with Gasteiger partial charge in [-0.15, -0.1) is 0 Å². The second-order valence-corrected chi connectivity index (χ2v) is 10.2. The molecule has 0 bridgehead atoms. The molecular formula is C19H28N2O4S. The number of carbonyl (C=O) groups is 2. The average Bonchev–Trinajstić information content (AvgIpc) is 2.90. The molecule has 7 heteroatoms. The Bertz CT molecular complexity index is 779. The van der Waals surface area contributed by atoms with Crippen LogP contribution < -0.4 is 4.90 Å². The smallest absolute Gasteiger partial charge is 0.242 e. The Labute approximate surface area is 156 Å². The van der Waals surface area contributed by atoms with Gasteiger partial charge in [0.05, 0.1) is 11.5 Å². The van der Waals surface area contributed by atoms with Crippen LogP contribution in [-0.4, -0.2) is 56.3 Å². The molecule has 1 heterocycles. The summed E-state index contributed by atoms with van der Waals surface area (Å²) in [4.78, 5) is 27.5. The first kappa shape index (κ1) is 20.4. The number of rotatable bonds is 4. The Kier molecular flexibility index (Phi) is 5.80. The van der Waals surface area contributed by atoms with Crippen molar-refractivity contribution < 1.29 is 18.0 Å². The van der Waals surface area contributed by atoms with Crippen LogP contribution in [0.1, 0.15) is 39.7 Å². The quantitative estimate of drug-likeness (QED) is 0.800. The third-order valence-electron chi connectivity index (χ3n) is 4.87. The third-order valence-corrected chi connectivity index (χ3v) is 6.62. The van der Waals surface area contributed by atoms with Gasteiger partial charge in [-0.05, 0) is 29.5 Å². The molecule has 1 saturated heterocycles. The van der Waals surface area contributed by atoms with Crippen molar-refractivity contribution in [3.8, 4) is 0 Å². The summed E-state index contributed by atoms with van der Waals surface area (Å²) in [6.45, 7) is 7.65. The maximum Gasteiger partial charge on any atom is 0.242 e. The zero-order valence-electron chi connectivity index (χ0n) is 16.2. The highest BCUT2D eigenvalue weighted by molar-refractivity contribution is 7.91. The summed E-state index contributed by atoms with van der Waals surface area (Å²) in [5.74, 6) is -0.383. The van der Waals surface area contributed by atoms with Crippen molar-refractivity contribution in [1.82, 2.24) is 4.90 Å². The first-order chi connectivity index (χ1) is 11.9. The Morgan fingerprint density at radius 2 is 1.73 bits per heavy atom. The van der Waals surface area contributed by atoms with Crippen LogP contribution >= 0.6 is 0 Å². The molecule has 26 heavy (non-hydrogen) atoms. The highest BCUT2D eigenvalue weighted by Gasteiger charge is 2.33. The van der Waals surface area contributed by atoms with Crippen LogP contribution in [0.5, 0.6) is 0 Å². The predicted octanol–water partition coefficient (Wildman–Crippen LogP) is 1.98. The Hall–Kier alpha value is -1.89. The van der Waals surface area contributed by atoms with Gasteiger partial charge >= 0.3 is 0 Å². The van der Waals surface area contributed by atoms with Gasteiger partial charge in [-0.25, -0.2) is 8.42 Å². The van der Waals surface area contributed by atoms with Crippen molar-refractivity contribution in [3.05, 3.63) is 29.8 Å². The number of anilines is 1. The monoisotopic (exact) mass is 380 g/mol. The molecule has 6 nitrogen and oxygen atoms in total. The highest BCUT2D eigenvalue weighted by atomic mass is 32.2. The summed E-state index contributed by atoms with van der Waals surface area (Å²) in [6.07, 6.45) is 0.449. The van der Waals surface area contributed by atoms with Gasteiger partial charge in [0, 0.05) is 25.7 Å². The molecule has 0 radical (unpaired) electrons. The molecule has 0 aliphatic carbocycles. The van der Waals surface area contributed by atoms with Gasteiger partial charge in [0.2, 0.25) is 11.8 Å². The number of likely N-dealkylation sites (N-methyl/N-ethyl adjacent to an activating group) is 1. The van der Waals surface area contributed by atoms with E-state index in [1.54, 1.807) is 7.05 Å². The Morgan fingerprint density at radius 1 is 1.15 bits per heavy atom. The van der Waals surface area contributed by atoms with Crippen LogP contribution in [-0.2, 0) is 24.8 Å². The van der Waals surface area contributed by atoms with Gasteiger partial charge in [0.25, 0.3) is 0 Å². The standard InChI is InChI=1S/C19H28N2O4S/c1-14(22)21(16-8-6-15(7-9-16)19(2,3)4)12-18(23)20(5)17-10-11-26(24,25)13-17/h6-9,17H,10-13H2,1-5H3. The summed E-state index contributed by atoms with van der Waals surface area (Å²) in [5.41, 5.74) is 1.81. The number of carbonyl (C=O) groups excluding carboxylic acids is 2. The molecule has 0 saturated carbocycles. The van der Waals surface area contributed by atoms with Crippen LogP contribution in [0, 0.1) is 0 Å². The zero-order valence-corrected chi connectivity index (χ0v) is 17.0. The van der Waals surface area contributed by atoms with Crippen molar-refractivity contribution in [2.75, 3.05) is 30.0 Å². The molecular weight excluding hydrogens is 352 g/mol. The summed E-state index contributed by atoms with van der Waals surface area (Å²) < 4.78 is 23.3. The third kappa shape index (κ3) is 4.84. The summed E-state index contributed by atoms with van der Waals surface area (Å²) in [6, 6.07) is 7.29. The van der Waals surface area contributed by atoms with Gasteiger partial charge in [-0.2, -0.15) is 0 Å². The second-order valence-electron chi connectivity index (χ2n) is 7.96. The molecule has 1 aliphatic heterocycles. The fourth-order valence-corrected chi connectivity index (χ4v) is 4.83. The van der Waals surface area contributed by atoms with Gasteiger partial charge in [-0.1, -0.05) is 32.9 Å². The molecule has 0 N–H and O–H groups in total. The lowest BCUT2D eigenvalue weighted by Crippen LogP contribution is -2.45. The van der Waals surface area contributed by atoms with E-state index in [2.05, 4.69) is 20.8 Å². The van der Waals surface area contributed by atoms with Crippen molar-refractivity contribution >= 4 is 27.3 Å². The number of hydrogen-bond acceptors (Lipinski definition) is 4. The normalized spacial score (nSPS) is 19.2. The maximum atomic E-state index is 12.6. The van der Waals surface area contributed by atoms with E-state index in [-0.39, 0.29) is 41.3 Å². The van der Waals surface area contributed by atoms with Crippen LogP contribution in [0.15, 0.2) is 24.3 Å². The Morgan fingerprint density at radius 3 is 2.15 bits per heavy atom. The van der Waals surface area contributed by atoms with Gasteiger partial charge in [-0.3, -0.25) is 9.59 Å².